The largest absolute Gasteiger partial charge is 0.309 e. The zero-order valence-corrected chi connectivity index (χ0v) is 11.0. The monoisotopic (exact) mass is 291 g/mol. The van der Waals surface area contributed by atoms with Gasteiger partial charge in [0.15, 0.2) is 5.82 Å². The highest BCUT2D eigenvalue weighted by Gasteiger charge is 2.09. The van der Waals surface area contributed by atoms with Crippen molar-refractivity contribution in [3.8, 4) is 0 Å². The summed E-state index contributed by atoms with van der Waals surface area (Å²) in [7, 11) is 0. The van der Waals surface area contributed by atoms with Crippen molar-refractivity contribution in [2.45, 2.75) is 6.42 Å². The second-order valence-corrected chi connectivity index (χ2v) is 4.39. The molecule has 1 aromatic carbocycles. The standard InChI is InChI=1S/C13H10ClN3O3/c14-11-2-1-7-15-13(11)16-12(18)8-9-3-5-10(6-4-9)17(19)20/h1-7H,8H2,(H,15,16,18). The number of benzene rings is 1. The number of carbonyl (C=O) groups excluding carboxylic acids is 1. The number of nitrogens with one attached hydrogen (secondary N) is 1. The molecule has 0 fully saturated rings. The molecule has 0 saturated heterocycles. The molecule has 0 atom stereocenters. The lowest BCUT2D eigenvalue weighted by molar-refractivity contribution is -0.384. The molecule has 1 heterocycles. The Morgan fingerprint density at radius 2 is 2.00 bits per heavy atom. The van der Waals surface area contributed by atoms with Crippen LogP contribution in [0.1, 0.15) is 5.56 Å². The number of amides is 1. The number of hydrogen-bond donors (Lipinski definition) is 1. The van der Waals surface area contributed by atoms with Gasteiger partial charge < -0.3 is 5.32 Å². The molecule has 0 spiro atoms. The van der Waals surface area contributed by atoms with Gasteiger partial charge >= 0.3 is 0 Å². The predicted molar refractivity (Wildman–Crippen MR) is 74.7 cm³/mol. The van der Waals surface area contributed by atoms with Gasteiger partial charge in [-0.3, -0.25) is 14.9 Å². The smallest absolute Gasteiger partial charge is 0.269 e. The molecule has 0 unspecified atom stereocenters. The van der Waals surface area contributed by atoms with Gasteiger partial charge in [-0.05, 0) is 17.7 Å². The molecule has 20 heavy (non-hydrogen) atoms. The minimum absolute atomic E-state index is 0.0121. The van der Waals surface area contributed by atoms with E-state index in [2.05, 4.69) is 10.3 Å². The van der Waals surface area contributed by atoms with Crippen LogP contribution < -0.4 is 5.32 Å². The first-order valence-corrected chi connectivity index (χ1v) is 6.08. The van der Waals surface area contributed by atoms with Crippen LogP contribution in [0.4, 0.5) is 11.5 Å². The van der Waals surface area contributed by atoms with Crippen LogP contribution >= 0.6 is 11.6 Å². The number of anilines is 1. The van der Waals surface area contributed by atoms with Crippen molar-refractivity contribution in [1.29, 1.82) is 0 Å². The Bertz CT molecular complexity index is 644. The molecule has 6 nitrogen and oxygen atoms in total. The van der Waals surface area contributed by atoms with Crippen LogP contribution in [0.5, 0.6) is 0 Å². The van der Waals surface area contributed by atoms with Crippen LogP contribution in [0.2, 0.25) is 5.02 Å². The van der Waals surface area contributed by atoms with E-state index in [4.69, 9.17) is 11.6 Å². The third kappa shape index (κ3) is 3.52. The minimum atomic E-state index is -0.489. The quantitative estimate of drug-likeness (QED) is 0.693. The first kappa shape index (κ1) is 14.0. The molecule has 2 aromatic rings. The minimum Gasteiger partial charge on any atom is -0.309 e. The zero-order valence-electron chi connectivity index (χ0n) is 10.2. The molecule has 1 amide bonds. The summed E-state index contributed by atoms with van der Waals surface area (Å²) >= 11 is 5.87. The Balaban J connectivity index is 2.01. The molecule has 2 rings (SSSR count). The molecule has 1 N–H and O–H groups in total. The van der Waals surface area contributed by atoms with Crippen molar-refractivity contribution in [2.24, 2.45) is 0 Å². The van der Waals surface area contributed by atoms with Gasteiger partial charge in [0.1, 0.15) is 0 Å². The highest BCUT2D eigenvalue weighted by atomic mass is 35.5. The Morgan fingerprint density at radius 3 is 2.60 bits per heavy atom. The second-order valence-electron chi connectivity index (χ2n) is 3.98. The normalized spacial score (nSPS) is 10.1. The highest BCUT2D eigenvalue weighted by molar-refractivity contribution is 6.33. The average molecular weight is 292 g/mol. The molecular formula is C13H10ClN3O3. The summed E-state index contributed by atoms with van der Waals surface area (Å²) in [5.41, 5.74) is 0.655. The van der Waals surface area contributed by atoms with Crippen molar-refractivity contribution >= 4 is 29.0 Å². The van der Waals surface area contributed by atoms with Gasteiger partial charge in [0.25, 0.3) is 5.69 Å². The van der Waals surface area contributed by atoms with Crippen LogP contribution in [0.3, 0.4) is 0 Å². The van der Waals surface area contributed by atoms with E-state index in [-0.39, 0.29) is 18.0 Å². The SMILES string of the molecule is O=C(Cc1ccc([N+](=O)[O-])cc1)Nc1ncccc1Cl. The van der Waals surface area contributed by atoms with Crippen LogP contribution in [0.15, 0.2) is 42.6 Å². The number of pyridine rings is 1. The molecule has 0 bridgehead atoms. The van der Waals surface area contributed by atoms with E-state index in [1.165, 1.54) is 30.5 Å². The van der Waals surface area contributed by atoms with Crippen LogP contribution in [0.25, 0.3) is 0 Å². The molecule has 102 valence electrons. The van der Waals surface area contributed by atoms with Crippen molar-refractivity contribution < 1.29 is 9.72 Å². The Kier molecular flexibility index (Phi) is 4.27. The number of carbonyl (C=O) groups is 1. The Labute approximate surface area is 119 Å². The average Bonchev–Trinajstić information content (AvgIpc) is 2.42. The lowest BCUT2D eigenvalue weighted by Crippen LogP contribution is -2.15. The van der Waals surface area contributed by atoms with E-state index in [0.717, 1.165) is 0 Å². The van der Waals surface area contributed by atoms with E-state index < -0.39 is 4.92 Å². The number of nitrogens with zero attached hydrogens (tertiary/aromatic N) is 2. The topological polar surface area (TPSA) is 85.1 Å². The van der Waals surface area contributed by atoms with Gasteiger partial charge in [-0.15, -0.1) is 0 Å². The number of nitro groups is 1. The summed E-state index contributed by atoms with van der Waals surface area (Å²) in [6.45, 7) is 0. The third-order valence-corrected chi connectivity index (χ3v) is 2.83. The summed E-state index contributed by atoms with van der Waals surface area (Å²) in [5, 5.41) is 13.4. The maximum atomic E-state index is 11.8. The Hall–Kier alpha value is -2.47. The number of non-ortho nitro benzene ring substituents is 1. The van der Waals surface area contributed by atoms with Crippen LogP contribution in [-0.2, 0) is 11.2 Å². The molecule has 0 aliphatic heterocycles. The summed E-state index contributed by atoms with van der Waals surface area (Å²) in [6, 6.07) is 9.08. The van der Waals surface area contributed by atoms with Crippen molar-refractivity contribution in [3.05, 3.63) is 63.3 Å². The van der Waals surface area contributed by atoms with E-state index in [1.54, 1.807) is 12.1 Å². The van der Waals surface area contributed by atoms with Crippen molar-refractivity contribution in [3.63, 3.8) is 0 Å². The highest BCUT2D eigenvalue weighted by Crippen LogP contribution is 2.18. The van der Waals surface area contributed by atoms with Crippen LogP contribution in [0, 0.1) is 10.1 Å². The summed E-state index contributed by atoms with van der Waals surface area (Å²) in [5.74, 6) is 0.000492. The summed E-state index contributed by atoms with van der Waals surface area (Å²) in [6.07, 6.45) is 1.61. The van der Waals surface area contributed by atoms with Gasteiger partial charge in [0.05, 0.1) is 16.4 Å². The van der Waals surface area contributed by atoms with E-state index in [0.29, 0.717) is 16.4 Å². The number of aromatic nitrogens is 1. The van der Waals surface area contributed by atoms with Crippen molar-refractivity contribution in [1.82, 2.24) is 4.98 Å². The molecule has 0 saturated carbocycles. The maximum absolute atomic E-state index is 11.8. The fraction of sp³-hybridized carbons (Fsp3) is 0.0769. The molecular weight excluding hydrogens is 282 g/mol. The van der Waals surface area contributed by atoms with Gasteiger partial charge in [0, 0.05) is 18.3 Å². The fourth-order valence-electron chi connectivity index (χ4n) is 1.57. The van der Waals surface area contributed by atoms with Gasteiger partial charge in [0.2, 0.25) is 5.91 Å². The number of nitro benzene ring substituents is 1. The number of hydrogen-bond acceptors (Lipinski definition) is 4. The number of halogens is 1. The van der Waals surface area contributed by atoms with Gasteiger partial charge in [-0.1, -0.05) is 23.7 Å². The second kappa shape index (κ2) is 6.12. The predicted octanol–water partition coefficient (Wildman–Crippen LogP) is 2.82. The molecule has 7 heteroatoms. The van der Waals surface area contributed by atoms with E-state index in [9.17, 15) is 14.9 Å². The van der Waals surface area contributed by atoms with Gasteiger partial charge in [-0.2, -0.15) is 0 Å². The molecule has 1 aromatic heterocycles. The van der Waals surface area contributed by atoms with Gasteiger partial charge in [-0.25, -0.2) is 4.98 Å². The maximum Gasteiger partial charge on any atom is 0.269 e. The van der Waals surface area contributed by atoms with E-state index >= 15 is 0 Å². The van der Waals surface area contributed by atoms with Crippen molar-refractivity contribution in [2.75, 3.05) is 5.32 Å². The Morgan fingerprint density at radius 1 is 1.30 bits per heavy atom. The fourth-order valence-corrected chi connectivity index (χ4v) is 1.74. The molecule has 0 radical (unpaired) electrons. The third-order valence-electron chi connectivity index (χ3n) is 2.53. The number of rotatable bonds is 4. The summed E-state index contributed by atoms with van der Waals surface area (Å²) in [4.78, 5) is 25.8. The summed E-state index contributed by atoms with van der Waals surface area (Å²) < 4.78 is 0. The molecule has 0 aliphatic rings. The molecule has 0 aliphatic carbocycles. The first-order valence-electron chi connectivity index (χ1n) is 5.70. The lowest BCUT2D eigenvalue weighted by atomic mass is 10.1. The van der Waals surface area contributed by atoms with Crippen LogP contribution in [-0.4, -0.2) is 15.8 Å². The zero-order chi connectivity index (χ0) is 14.5. The lowest BCUT2D eigenvalue weighted by Gasteiger charge is -2.05. The first-order chi connectivity index (χ1) is 9.56. The van der Waals surface area contributed by atoms with E-state index in [1.807, 2.05) is 0 Å².